The van der Waals surface area contributed by atoms with Gasteiger partial charge in [0.2, 0.25) is 0 Å². The number of nitrogens with two attached hydrogens (primary N) is 1. The van der Waals surface area contributed by atoms with E-state index in [0.29, 0.717) is 12.6 Å². The van der Waals surface area contributed by atoms with E-state index in [4.69, 9.17) is 10.8 Å². The Kier molecular flexibility index (Phi) is 2.72. The van der Waals surface area contributed by atoms with Gasteiger partial charge < -0.3 is 5.73 Å². The van der Waals surface area contributed by atoms with Crippen molar-refractivity contribution < 1.29 is 0 Å². The molecule has 1 heterocycles. The molecule has 16 heavy (non-hydrogen) atoms. The predicted molar refractivity (Wildman–Crippen MR) is 64.3 cm³/mol. The van der Waals surface area contributed by atoms with Crippen LogP contribution >= 0.6 is 0 Å². The van der Waals surface area contributed by atoms with Gasteiger partial charge in [0.1, 0.15) is 0 Å². The van der Waals surface area contributed by atoms with Crippen molar-refractivity contribution in [2.75, 3.05) is 0 Å². The fraction of sp³-hybridized carbons (Fsp3) is 0.769. The van der Waals surface area contributed by atoms with Crippen LogP contribution in [0.5, 0.6) is 0 Å². The summed E-state index contributed by atoms with van der Waals surface area (Å²) in [5.74, 6) is 0. The van der Waals surface area contributed by atoms with Gasteiger partial charge in [-0.1, -0.05) is 12.8 Å². The lowest BCUT2D eigenvalue weighted by atomic mass is 9.95. The minimum Gasteiger partial charge on any atom is -0.325 e. The Balaban J connectivity index is 2.00. The maximum Gasteiger partial charge on any atom is 0.0795 e. The van der Waals surface area contributed by atoms with E-state index >= 15 is 0 Å². The van der Waals surface area contributed by atoms with Gasteiger partial charge in [0.05, 0.1) is 11.7 Å². The average molecular weight is 219 g/mol. The summed E-state index contributed by atoms with van der Waals surface area (Å²) in [6.45, 7) is 0.613. The van der Waals surface area contributed by atoms with Crippen LogP contribution in [0.1, 0.15) is 61.5 Å². The predicted octanol–water partition coefficient (Wildman–Crippen LogP) is 2.34. The SMILES string of the molecule is NCc1nn(C2CCCC2)c2c1CCCC2. The van der Waals surface area contributed by atoms with E-state index in [0.717, 1.165) is 0 Å². The minimum atomic E-state index is 0.613. The van der Waals surface area contributed by atoms with Crippen molar-refractivity contribution in [3.63, 3.8) is 0 Å². The number of aromatic nitrogens is 2. The standard InChI is InChI=1S/C13H21N3/c14-9-12-11-7-3-4-8-13(11)16(15-12)10-5-1-2-6-10/h10H,1-9,14H2. The van der Waals surface area contributed by atoms with Crippen LogP contribution in [0.15, 0.2) is 0 Å². The molecular weight excluding hydrogens is 198 g/mol. The van der Waals surface area contributed by atoms with Gasteiger partial charge in [0, 0.05) is 12.2 Å². The van der Waals surface area contributed by atoms with Crippen LogP contribution in [0.3, 0.4) is 0 Å². The van der Waals surface area contributed by atoms with Crippen molar-refractivity contribution in [1.29, 1.82) is 0 Å². The summed E-state index contributed by atoms with van der Waals surface area (Å²) >= 11 is 0. The highest BCUT2D eigenvalue weighted by Gasteiger charge is 2.25. The number of rotatable bonds is 2. The molecule has 0 unspecified atom stereocenters. The molecule has 0 atom stereocenters. The Morgan fingerprint density at radius 1 is 1.12 bits per heavy atom. The third-order valence-corrected chi connectivity index (χ3v) is 4.16. The third kappa shape index (κ3) is 1.58. The van der Waals surface area contributed by atoms with Crippen LogP contribution in [0.4, 0.5) is 0 Å². The molecule has 0 amide bonds. The van der Waals surface area contributed by atoms with Crippen molar-refractivity contribution in [3.8, 4) is 0 Å². The summed E-state index contributed by atoms with van der Waals surface area (Å²) < 4.78 is 2.34. The van der Waals surface area contributed by atoms with Gasteiger partial charge in [-0.3, -0.25) is 4.68 Å². The van der Waals surface area contributed by atoms with Crippen molar-refractivity contribution in [3.05, 3.63) is 17.0 Å². The zero-order valence-electron chi connectivity index (χ0n) is 9.91. The van der Waals surface area contributed by atoms with Crippen molar-refractivity contribution >= 4 is 0 Å². The van der Waals surface area contributed by atoms with Gasteiger partial charge in [0.25, 0.3) is 0 Å². The first-order chi connectivity index (χ1) is 7.90. The van der Waals surface area contributed by atoms with Crippen LogP contribution in [-0.2, 0) is 19.4 Å². The number of fused-ring (bicyclic) bond motifs is 1. The van der Waals surface area contributed by atoms with Crippen molar-refractivity contribution in [2.24, 2.45) is 5.73 Å². The molecule has 0 aliphatic heterocycles. The van der Waals surface area contributed by atoms with Crippen LogP contribution in [0, 0.1) is 0 Å². The molecule has 0 bridgehead atoms. The van der Waals surface area contributed by atoms with Crippen molar-refractivity contribution in [2.45, 2.75) is 64.0 Å². The number of nitrogens with zero attached hydrogens (tertiary/aromatic N) is 2. The van der Waals surface area contributed by atoms with Crippen LogP contribution in [0.25, 0.3) is 0 Å². The van der Waals surface area contributed by atoms with E-state index in [1.165, 1.54) is 68.3 Å². The maximum atomic E-state index is 5.81. The van der Waals surface area contributed by atoms with Gasteiger partial charge in [0.15, 0.2) is 0 Å². The minimum absolute atomic E-state index is 0.613. The summed E-state index contributed by atoms with van der Waals surface area (Å²) in [7, 11) is 0. The number of hydrogen-bond acceptors (Lipinski definition) is 2. The average Bonchev–Trinajstić information content (AvgIpc) is 2.95. The molecule has 88 valence electrons. The quantitative estimate of drug-likeness (QED) is 0.829. The lowest BCUT2D eigenvalue weighted by Crippen LogP contribution is -2.13. The van der Waals surface area contributed by atoms with E-state index in [-0.39, 0.29) is 0 Å². The Morgan fingerprint density at radius 2 is 1.88 bits per heavy atom. The molecule has 0 radical (unpaired) electrons. The van der Waals surface area contributed by atoms with Crippen LogP contribution in [-0.4, -0.2) is 9.78 Å². The maximum absolute atomic E-state index is 5.81. The van der Waals surface area contributed by atoms with Gasteiger partial charge in [-0.15, -0.1) is 0 Å². The zero-order chi connectivity index (χ0) is 11.0. The summed E-state index contributed by atoms with van der Waals surface area (Å²) in [5.41, 5.74) is 9.98. The second-order valence-corrected chi connectivity index (χ2v) is 5.17. The summed E-state index contributed by atoms with van der Waals surface area (Å²) in [6.07, 6.45) is 10.4. The Morgan fingerprint density at radius 3 is 2.62 bits per heavy atom. The molecule has 0 spiro atoms. The molecule has 1 saturated carbocycles. The fourth-order valence-electron chi connectivity index (χ4n) is 3.32. The zero-order valence-corrected chi connectivity index (χ0v) is 9.91. The smallest absolute Gasteiger partial charge is 0.0795 e. The Bertz CT molecular complexity index is 375. The first kappa shape index (κ1) is 10.3. The largest absolute Gasteiger partial charge is 0.325 e. The summed E-state index contributed by atoms with van der Waals surface area (Å²) in [5, 5.41) is 4.78. The van der Waals surface area contributed by atoms with E-state index < -0.39 is 0 Å². The second-order valence-electron chi connectivity index (χ2n) is 5.17. The fourth-order valence-corrected chi connectivity index (χ4v) is 3.32. The van der Waals surface area contributed by atoms with Crippen molar-refractivity contribution in [1.82, 2.24) is 9.78 Å². The third-order valence-electron chi connectivity index (χ3n) is 4.16. The monoisotopic (exact) mass is 219 g/mol. The molecule has 3 rings (SSSR count). The molecule has 2 aliphatic rings. The van der Waals surface area contributed by atoms with E-state index in [9.17, 15) is 0 Å². The van der Waals surface area contributed by atoms with E-state index in [1.807, 2.05) is 0 Å². The molecule has 1 aromatic rings. The van der Waals surface area contributed by atoms with Gasteiger partial charge >= 0.3 is 0 Å². The summed E-state index contributed by atoms with van der Waals surface area (Å²) in [4.78, 5) is 0. The molecule has 3 nitrogen and oxygen atoms in total. The summed E-state index contributed by atoms with van der Waals surface area (Å²) in [6, 6.07) is 0.673. The van der Waals surface area contributed by atoms with Crippen LogP contribution < -0.4 is 5.73 Å². The topological polar surface area (TPSA) is 43.8 Å². The highest BCUT2D eigenvalue weighted by atomic mass is 15.3. The first-order valence-corrected chi connectivity index (χ1v) is 6.69. The van der Waals surface area contributed by atoms with Gasteiger partial charge in [-0.25, -0.2) is 0 Å². The first-order valence-electron chi connectivity index (χ1n) is 6.69. The highest BCUT2D eigenvalue weighted by molar-refractivity contribution is 5.29. The van der Waals surface area contributed by atoms with E-state index in [1.54, 1.807) is 0 Å². The molecule has 3 heteroatoms. The molecule has 2 aliphatic carbocycles. The lowest BCUT2D eigenvalue weighted by molar-refractivity contribution is 0.439. The van der Waals surface area contributed by atoms with Gasteiger partial charge in [-0.2, -0.15) is 5.10 Å². The molecule has 0 aromatic carbocycles. The second kappa shape index (κ2) is 4.21. The van der Waals surface area contributed by atoms with E-state index in [2.05, 4.69) is 4.68 Å². The lowest BCUT2D eigenvalue weighted by Gasteiger charge is -2.18. The Hall–Kier alpha value is -0.830. The molecule has 2 N–H and O–H groups in total. The normalized spacial score (nSPS) is 21.3. The molecular formula is C13H21N3. The molecule has 1 fully saturated rings. The molecule has 1 aromatic heterocycles. The van der Waals surface area contributed by atoms with Crippen LogP contribution in [0.2, 0.25) is 0 Å². The molecule has 0 saturated heterocycles. The Labute approximate surface area is 97.0 Å². The highest BCUT2D eigenvalue weighted by Crippen LogP contribution is 2.34. The number of hydrogen-bond donors (Lipinski definition) is 1. The van der Waals surface area contributed by atoms with Gasteiger partial charge in [-0.05, 0) is 44.1 Å².